The number of para-hydroxylation sites is 1. The van der Waals surface area contributed by atoms with Gasteiger partial charge in [-0.1, -0.05) is 28.9 Å². The van der Waals surface area contributed by atoms with Gasteiger partial charge in [0.2, 0.25) is 0 Å². The fraction of sp³-hybridized carbons (Fsp3) is 0.429. The maximum Gasteiger partial charge on any atom is 0.267 e. The maximum absolute atomic E-state index is 6.05. The van der Waals surface area contributed by atoms with Gasteiger partial charge in [0, 0.05) is 12.5 Å². The van der Waals surface area contributed by atoms with Crippen molar-refractivity contribution in [1.29, 1.82) is 0 Å². The SMILES string of the molecule is CNC(C)Cc1noc(C(C)Oc2ccccc2Cl)n1.Cl. The van der Waals surface area contributed by atoms with E-state index in [9.17, 15) is 0 Å². The second-order valence-corrected chi connectivity index (χ2v) is 5.04. The van der Waals surface area contributed by atoms with Gasteiger partial charge in [-0.05, 0) is 33.0 Å². The molecule has 2 unspecified atom stereocenters. The number of hydrogen-bond donors (Lipinski definition) is 1. The fourth-order valence-electron chi connectivity index (χ4n) is 1.67. The van der Waals surface area contributed by atoms with E-state index in [1.807, 2.05) is 26.1 Å². The van der Waals surface area contributed by atoms with E-state index >= 15 is 0 Å². The minimum atomic E-state index is -0.346. The molecule has 0 saturated carbocycles. The largest absolute Gasteiger partial charge is 0.479 e. The van der Waals surface area contributed by atoms with E-state index in [2.05, 4.69) is 22.4 Å². The van der Waals surface area contributed by atoms with Crippen LogP contribution in [0.15, 0.2) is 28.8 Å². The first-order valence-corrected chi connectivity index (χ1v) is 6.89. The highest BCUT2D eigenvalue weighted by Crippen LogP contribution is 2.27. The van der Waals surface area contributed by atoms with Crippen molar-refractivity contribution in [3.63, 3.8) is 0 Å². The van der Waals surface area contributed by atoms with Crippen molar-refractivity contribution in [2.24, 2.45) is 0 Å². The molecule has 0 aliphatic carbocycles. The van der Waals surface area contributed by atoms with E-state index < -0.39 is 0 Å². The lowest BCUT2D eigenvalue weighted by Crippen LogP contribution is -2.24. The summed E-state index contributed by atoms with van der Waals surface area (Å²) in [4.78, 5) is 4.34. The van der Waals surface area contributed by atoms with Gasteiger partial charge >= 0.3 is 0 Å². The molecule has 1 aromatic carbocycles. The minimum absolute atomic E-state index is 0. The van der Waals surface area contributed by atoms with E-state index in [1.54, 1.807) is 12.1 Å². The number of benzene rings is 1. The molecule has 1 heterocycles. The van der Waals surface area contributed by atoms with Gasteiger partial charge in [0.15, 0.2) is 11.9 Å². The van der Waals surface area contributed by atoms with Gasteiger partial charge in [0.25, 0.3) is 5.89 Å². The summed E-state index contributed by atoms with van der Waals surface area (Å²) in [5.74, 6) is 1.71. The molecule has 0 spiro atoms. The zero-order chi connectivity index (χ0) is 14.5. The van der Waals surface area contributed by atoms with E-state index in [0.29, 0.717) is 34.9 Å². The molecule has 0 bridgehead atoms. The fourth-order valence-corrected chi connectivity index (χ4v) is 1.85. The first-order valence-electron chi connectivity index (χ1n) is 6.51. The van der Waals surface area contributed by atoms with Crippen LogP contribution < -0.4 is 10.1 Å². The topological polar surface area (TPSA) is 60.2 Å². The van der Waals surface area contributed by atoms with Crippen molar-refractivity contribution in [2.75, 3.05) is 7.05 Å². The molecule has 21 heavy (non-hydrogen) atoms. The van der Waals surface area contributed by atoms with Gasteiger partial charge in [-0.15, -0.1) is 12.4 Å². The summed E-state index contributed by atoms with van der Waals surface area (Å²) in [5.41, 5.74) is 0. The summed E-state index contributed by atoms with van der Waals surface area (Å²) in [6.07, 6.45) is 0.361. The molecule has 0 radical (unpaired) electrons. The predicted octanol–water partition coefficient (Wildman–Crippen LogP) is 3.44. The molecule has 2 atom stereocenters. The number of halogens is 2. The highest BCUT2D eigenvalue weighted by molar-refractivity contribution is 6.32. The summed E-state index contributed by atoms with van der Waals surface area (Å²) in [7, 11) is 1.90. The Morgan fingerprint density at radius 2 is 2.05 bits per heavy atom. The van der Waals surface area contributed by atoms with Crippen molar-refractivity contribution < 1.29 is 9.26 Å². The van der Waals surface area contributed by atoms with Gasteiger partial charge in [-0.3, -0.25) is 0 Å². The van der Waals surface area contributed by atoms with Gasteiger partial charge in [-0.25, -0.2) is 0 Å². The van der Waals surface area contributed by atoms with Crippen molar-refractivity contribution in [1.82, 2.24) is 15.5 Å². The zero-order valence-electron chi connectivity index (χ0n) is 12.2. The van der Waals surface area contributed by atoms with E-state index in [-0.39, 0.29) is 18.5 Å². The Bertz CT molecular complexity index is 563. The van der Waals surface area contributed by atoms with E-state index in [4.69, 9.17) is 20.9 Å². The zero-order valence-corrected chi connectivity index (χ0v) is 13.7. The lowest BCUT2D eigenvalue weighted by molar-refractivity contribution is 0.176. The van der Waals surface area contributed by atoms with Gasteiger partial charge in [0.1, 0.15) is 5.75 Å². The van der Waals surface area contributed by atoms with Crippen molar-refractivity contribution in [3.8, 4) is 5.75 Å². The molecule has 2 rings (SSSR count). The van der Waals surface area contributed by atoms with Gasteiger partial charge in [0.05, 0.1) is 5.02 Å². The summed E-state index contributed by atoms with van der Waals surface area (Å²) >= 11 is 6.05. The van der Waals surface area contributed by atoms with Crippen LogP contribution in [0.2, 0.25) is 5.02 Å². The quantitative estimate of drug-likeness (QED) is 0.878. The molecule has 1 N–H and O–H groups in total. The molecule has 0 saturated heterocycles. The molecule has 5 nitrogen and oxygen atoms in total. The van der Waals surface area contributed by atoms with Crippen LogP contribution in [0.4, 0.5) is 0 Å². The van der Waals surface area contributed by atoms with Crippen molar-refractivity contribution >= 4 is 24.0 Å². The van der Waals surface area contributed by atoms with Crippen LogP contribution in [0.5, 0.6) is 5.75 Å². The molecular formula is C14H19Cl2N3O2. The summed E-state index contributed by atoms with van der Waals surface area (Å²) in [5, 5.41) is 7.64. The molecule has 0 aliphatic rings. The Morgan fingerprint density at radius 1 is 1.33 bits per heavy atom. The van der Waals surface area contributed by atoms with Crippen LogP contribution in [0.1, 0.15) is 31.7 Å². The molecule has 0 amide bonds. The number of ether oxygens (including phenoxy) is 1. The molecule has 0 aliphatic heterocycles. The van der Waals surface area contributed by atoms with Gasteiger partial charge in [-0.2, -0.15) is 4.98 Å². The highest BCUT2D eigenvalue weighted by Gasteiger charge is 2.17. The first-order chi connectivity index (χ1) is 9.60. The molecule has 2 aromatic rings. The normalized spacial score (nSPS) is 13.3. The van der Waals surface area contributed by atoms with Gasteiger partial charge < -0.3 is 14.6 Å². The first kappa shape index (κ1) is 17.8. The second kappa shape index (κ2) is 8.22. The molecule has 7 heteroatoms. The Labute approximate surface area is 135 Å². The Kier molecular flexibility index (Phi) is 6.95. The number of nitrogens with one attached hydrogen (secondary N) is 1. The Morgan fingerprint density at radius 3 is 2.71 bits per heavy atom. The maximum atomic E-state index is 6.05. The highest BCUT2D eigenvalue weighted by atomic mass is 35.5. The summed E-state index contributed by atoms with van der Waals surface area (Å²) in [6.45, 7) is 3.90. The van der Waals surface area contributed by atoms with Crippen LogP contribution in [0, 0.1) is 0 Å². The van der Waals surface area contributed by atoms with Crippen LogP contribution in [-0.4, -0.2) is 23.2 Å². The Balaban J connectivity index is 0.00000220. The molecular weight excluding hydrogens is 313 g/mol. The number of hydrogen-bond acceptors (Lipinski definition) is 5. The predicted molar refractivity (Wildman–Crippen MR) is 84.3 cm³/mol. The number of likely N-dealkylation sites (N-methyl/N-ethyl adjacent to an activating group) is 1. The van der Waals surface area contributed by atoms with Crippen LogP contribution >= 0.6 is 24.0 Å². The monoisotopic (exact) mass is 331 g/mol. The molecule has 116 valence electrons. The average molecular weight is 332 g/mol. The van der Waals surface area contributed by atoms with Crippen LogP contribution in [0.3, 0.4) is 0 Å². The van der Waals surface area contributed by atoms with E-state index in [1.165, 1.54) is 0 Å². The molecule has 0 fully saturated rings. The average Bonchev–Trinajstić information content (AvgIpc) is 2.89. The second-order valence-electron chi connectivity index (χ2n) is 4.63. The van der Waals surface area contributed by atoms with Crippen LogP contribution in [-0.2, 0) is 6.42 Å². The smallest absolute Gasteiger partial charge is 0.267 e. The number of nitrogens with zero attached hydrogens (tertiary/aromatic N) is 2. The summed E-state index contributed by atoms with van der Waals surface area (Å²) < 4.78 is 11.0. The number of aromatic nitrogens is 2. The minimum Gasteiger partial charge on any atom is -0.479 e. The molecule has 1 aromatic heterocycles. The standard InChI is InChI=1S/C14H18ClN3O2.ClH/c1-9(16-3)8-13-17-14(20-18-13)10(2)19-12-7-5-4-6-11(12)15;/h4-7,9-10,16H,8H2,1-3H3;1H. The summed E-state index contributed by atoms with van der Waals surface area (Å²) in [6, 6.07) is 7.59. The van der Waals surface area contributed by atoms with E-state index in [0.717, 1.165) is 0 Å². The van der Waals surface area contributed by atoms with Crippen LogP contribution in [0.25, 0.3) is 0 Å². The number of rotatable bonds is 6. The Hall–Kier alpha value is -1.30. The van der Waals surface area contributed by atoms with Crippen molar-refractivity contribution in [2.45, 2.75) is 32.4 Å². The van der Waals surface area contributed by atoms with Crippen molar-refractivity contribution in [3.05, 3.63) is 41.0 Å². The lowest BCUT2D eigenvalue weighted by atomic mass is 10.2. The third kappa shape index (κ3) is 4.88. The lowest BCUT2D eigenvalue weighted by Gasteiger charge is -2.11. The third-order valence-electron chi connectivity index (χ3n) is 2.95. The third-order valence-corrected chi connectivity index (χ3v) is 3.27.